The van der Waals surface area contributed by atoms with Gasteiger partial charge in [-0.1, -0.05) is 23.7 Å². The molecule has 3 rings (SSSR count). The van der Waals surface area contributed by atoms with Crippen LogP contribution in [0.25, 0.3) is 0 Å². The third-order valence-electron chi connectivity index (χ3n) is 5.51. The van der Waals surface area contributed by atoms with Gasteiger partial charge in [0.15, 0.2) is 0 Å². The van der Waals surface area contributed by atoms with Crippen LogP contribution in [-0.2, 0) is 19.0 Å². The second kappa shape index (κ2) is 9.95. The molecule has 0 unspecified atom stereocenters. The molecular weight excluding hydrogens is 391 g/mol. The number of nitrogens with zero attached hydrogens (tertiary/aromatic N) is 2. The van der Waals surface area contributed by atoms with Crippen LogP contribution >= 0.6 is 36.4 Å². The third-order valence-corrected chi connectivity index (χ3v) is 5.74. The van der Waals surface area contributed by atoms with Crippen molar-refractivity contribution in [3.8, 4) is 0 Å². The van der Waals surface area contributed by atoms with Crippen molar-refractivity contribution in [1.82, 2.24) is 15.1 Å². The molecule has 1 heterocycles. The molecule has 1 aliphatic rings. The Morgan fingerprint density at radius 2 is 1.96 bits per heavy atom. The lowest BCUT2D eigenvalue weighted by atomic mass is 9.68. The van der Waals surface area contributed by atoms with Crippen LogP contribution in [0, 0.1) is 6.92 Å². The van der Waals surface area contributed by atoms with Gasteiger partial charge in [0.2, 0.25) is 0 Å². The van der Waals surface area contributed by atoms with Gasteiger partial charge in [-0.15, -0.1) is 24.8 Å². The van der Waals surface area contributed by atoms with E-state index in [-0.39, 0.29) is 30.2 Å². The molecule has 1 saturated carbocycles. The van der Waals surface area contributed by atoms with Crippen LogP contribution in [0.15, 0.2) is 30.3 Å². The van der Waals surface area contributed by atoms with E-state index in [1.165, 1.54) is 11.3 Å². The minimum absolute atomic E-state index is 0. The van der Waals surface area contributed by atoms with Gasteiger partial charge in [-0.05, 0) is 56.4 Å². The van der Waals surface area contributed by atoms with Crippen molar-refractivity contribution in [3.63, 3.8) is 0 Å². The molecule has 0 aliphatic heterocycles. The van der Waals surface area contributed by atoms with E-state index in [1.54, 1.807) is 0 Å². The zero-order valence-electron chi connectivity index (χ0n) is 15.4. The zero-order valence-corrected chi connectivity index (χ0v) is 17.8. The summed E-state index contributed by atoms with van der Waals surface area (Å²) in [4.78, 5) is 0. The summed E-state index contributed by atoms with van der Waals surface area (Å²) in [5.41, 5.74) is 9.84. The van der Waals surface area contributed by atoms with Gasteiger partial charge in [-0.3, -0.25) is 4.68 Å². The Hall–Kier alpha value is -0.780. The number of hydrogen-bond acceptors (Lipinski definition) is 3. The Bertz CT molecular complexity index is 674. The van der Waals surface area contributed by atoms with Gasteiger partial charge in [0.05, 0.1) is 5.69 Å². The van der Waals surface area contributed by atoms with E-state index >= 15 is 0 Å². The highest BCUT2D eigenvalue weighted by molar-refractivity contribution is 6.30. The summed E-state index contributed by atoms with van der Waals surface area (Å²) in [5.74, 6) is 0. The Morgan fingerprint density at radius 1 is 1.27 bits per heavy atom. The van der Waals surface area contributed by atoms with Crippen LogP contribution in [0.5, 0.6) is 0 Å². The highest BCUT2D eigenvalue weighted by atomic mass is 35.5. The maximum absolute atomic E-state index is 6.18. The number of nitrogens with two attached hydrogens (primary N) is 1. The maximum atomic E-state index is 6.18. The van der Waals surface area contributed by atoms with Gasteiger partial charge < -0.3 is 11.1 Å². The summed E-state index contributed by atoms with van der Waals surface area (Å²) < 4.78 is 1.93. The molecule has 1 aromatic heterocycles. The molecule has 0 spiro atoms. The molecule has 7 heteroatoms. The Morgan fingerprint density at radius 3 is 2.50 bits per heavy atom. The number of hydrogen-bond donors (Lipinski definition) is 2. The molecule has 0 atom stereocenters. The van der Waals surface area contributed by atoms with Gasteiger partial charge in [0.1, 0.15) is 0 Å². The van der Waals surface area contributed by atoms with Crippen LogP contribution in [0.1, 0.15) is 42.6 Å². The van der Waals surface area contributed by atoms with Crippen LogP contribution in [0.4, 0.5) is 0 Å². The predicted octanol–water partition coefficient (Wildman–Crippen LogP) is 4.15. The molecule has 0 radical (unpaired) electrons. The van der Waals surface area contributed by atoms with E-state index in [9.17, 15) is 0 Å². The van der Waals surface area contributed by atoms with Crippen LogP contribution in [0.2, 0.25) is 5.02 Å². The molecule has 1 fully saturated rings. The van der Waals surface area contributed by atoms with Crippen molar-refractivity contribution >= 4 is 36.4 Å². The fourth-order valence-electron chi connectivity index (χ4n) is 3.77. The van der Waals surface area contributed by atoms with Crippen molar-refractivity contribution < 1.29 is 0 Å². The first-order valence-electron chi connectivity index (χ1n) is 8.71. The second-order valence-corrected chi connectivity index (χ2v) is 7.49. The van der Waals surface area contributed by atoms with E-state index in [4.69, 9.17) is 17.3 Å². The van der Waals surface area contributed by atoms with Crippen molar-refractivity contribution in [2.75, 3.05) is 6.54 Å². The lowest BCUT2D eigenvalue weighted by Crippen LogP contribution is -2.43. The number of nitrogens with one attached hydrogen (secondary N) is 1. The Labute approximate surface area is 173 Å². The smallest absolute Gasteiger partial charge is 0.0765 e. The van der Waals surface area contributed by atoms with Gasteiger partial charge in [-0.25, -0.2) is 0 Å². The zero-order chi connectivity index (χ0) is 17.2. The quantitative estimate of drug-likeness (QED) is 0.765. The van der Waals surface area contributed by atoms with Crippen molar-refractivity contribution in [1.29, 1.82) is 0 Å². The summed E-state index contributed by atoms with van der Waals surface area (Å²) in [6, 6.07) is 10.9. The summed E-state index contributed by atoms with van der Waals surface area (Å²) in [6.07, 6.45) is 4.47. The molecule has 3 N–H and O–H groups in total. The van der Waals surface area contributed by atoms with Gasteiger partial charge in [0.25, 0.3) is 0 Å². The fourth-order valence-corrected chi connectivity index (χ4v) is 3.96. The monoisotopic (exact) mass is 418 g/mol. The summed E-state index contributed by atoms with van der Waals surface area (Å²) in [6.45, 7) is 3.59. The molecule has 0 saturated heterocycles. The first-order chi connectivity index (χ1) is 11.5. The molecule has 26 heavy (non-hydrogen) atoms. The predicted molar refractivity (Wildman–Crippen MR) is 114 cm³/mol. The average Bonchev–Trinajstić information content (AvgIpc) is 2.92. The van der Waals surface area contributed by atoms with E-state index in [1.807, 2.05) is 23.9 Å². The van der Waals surface area contributed by atoms with Gasteiger partial charge in [-0.2, -0.15) is 5.10 Å². The average molecular weight is 420 g/mol. The van der Waals surface area contributed by atoms with Crippen LogP contribution in [-0.4, -0.2) is 22.4 Å². The van der Waals surface area contributed by atoms with Gasteiger partial charge in [0, 0.05) is 42.3 Å². The molecule has 1 aliphatic carbocycles. The maximum Gasteiger partial charge on any atom is 0.0765 e. The van der Waals surface area contributed by atoms with Crippen LogP contribution in [0.3, 0.4) is 0 Å². The van der Waals surface area contributed by atoms with Crippen molar-refractivity contribution in [2.24, 2.45) is 12.8 Å². The summed E-state index contributed by atoms with van der Waals surface area (Å²) >= 11 is 6.18. The molecule has 1 aromatic carbocycles. The lowest BCUT2D eigenvalue weighted by Gasteiger charge is -2.40. The minimum Gasteiger partial charge on any atom is -0.330 e. The van der Waals surface area contributed by atoms with E-state index in [2.05, 4.69) is 35.5 Å². The number of aryl methyl sites for hydroxylation is 2. The fraction of sp³-hybridized carbons (Fsp3) is 0.526. The number of benzene rings is 1. The van der Waals surface area contributed by atoms with Gasteiger partial charge >= 0.3 is 0 Å². The lowest BCUT2D eigenvalue weighted by molar-refractivity contribution is 0.250. The number of rotatable bonds is 5. The summed E-state index contributed by atoms with van der Waals surface area (Å²) in [7, 11) is 1.99. The number of aromatic nitrogens is 2. The van der Waals surface area contributed by atoms with Crippen molar-refractivity contribution in [2.45, 2.75) is 50.6 Å². The SMILES string of the molecule is Cc1cc(CN[C@H]2CC[C@](CN)(c3cccc(Cl)c3)CC2)nn1C.Cl.Cl. The molecule has 0 bridgehead atoms. The molecule has 2 aromatic rings. The second-order valence-electron chi connectivity index (χ2n) is 7.05. The largest absolute Gasteiger partial charge is 0.330 e. The highest BCUT2D eigenvalue weighted by Crippen LogP contribution is 2.39. The summed E-state index contributed by atoms with van der Waals surface area (Å²) in [5, 5.41) is 8.97. The standard InChI is InChI=1S/C19H27ClN4.2ClH/c1-14-10-18(23-24(14)2)12-22-17-6-8-19(13-21,9-7-17)15-4-3-5-16(20)11-15;;/h3-5,10-11,17,22H,6-9,12-13,21H2,1-2H3;2*1H/t17-,19-;;. The van der Waals surface area contributed by atoms with E-state index in [0.29, 0.717) is 12.6 Å². The third kappa shape index (κ3) is 5.14. The minimum atomic E-state index is 0. The molecular formula is C19H29Cl3N4. The highest BCUT2D eigenvalue weighted by Gasteiger charge is 2.35. The molecule has 4 nitrogen and oxygen atoms in total. The molecule has 0 amide bonds. The Kier molecular flexibility index (Phi) is 8.90. The first-order valence-corrected chi connectivity index (χ1v) is 9.09. The van der Waals surface area contributed by atoms with Crippen LogP contribution < -0.4 is 11.1 Å². The topological polar surface area (TPSA) is 55.9 Å². The van der Waals surface area contributed by atoms with E-state index in [0.717, 1.165) is 42.9 Å². The van der Waals surface area contributed by atoms with E-state index < -0.39 is 0 Å². The molecule has 146 valence electrons. The normalized spacial score (nSPS) is 22.4. The van der Waals surface area contributed by atoms with Crippen molar-refractivity contribution in [3.05, 3.63) is 52.3 Å². The first kappa shape index (κ1) is 23.3. The Balaban J connectivity index is 0.00000169. The number of halogens is 3.